The van der Waals surface area contributed by atoms with Crippen molar-refractivity contribution < 1.29 is 4.74 Å². The van der Waals surface area contributed by atoms with E-state index in [1.807, 2.05) is 18.3 Å². The standard InChI is InChI=1S/C14H21N3O/c1-18-11-7-4-8-16-13(11)14(17-15)12-9-5-2-3-6-10(9)12/h4,7-10,12,14,17H,2-3,5-6,15H2,1H3. The molecular formula is C14H21N3O. The minimum atomic E-state index is 0.134. The highest BCUT2D eigenvalue weighted by atomic mass is 16.5. The van der Waals surface area contributed by atoms with Crippen LogP contribution in [0.25, 0.3) is 0 Å². The first kappa shape index (κ1) is 11.9. The van der Waals surface area contributed by atoms with Crippen molar-refractivity contribution in [1.82, 2.24) is 10.4 Å². The summed E-state index contributed by atoms with van der Waals surface area (Å²) in [4.78, 5) is 4.47. The van der Waals surface area contributed by atoms with Gasteiger partial charge in [0, 0.05) is 6.20 Å². The van der Waals surface area contributed by atoms with Crippen LogP contribution in [0.1, 0.15) is 37.4 Å². The Balaban J connectivity index is 1.84. The van der Waals surface area contributed by atoms with Crippen LogP contribution < -0.4 is 16.0 Å². The van der Waals surface area contributed by atoms with Crippen molar-refractivity contribution in [2.75, 3.05) is 7.11 Å². The monoisotopic (exact) mass is 247 g/mol. The predicted octanol–water partition coefficient (Wildman–Crippen LogP) is 2.03. The minimum absolute atomic E-state index is 0.134. The molecule has 1 aromatic rings. The van der Waals surface area contributed by atoms with Crippen LogP contribution in [0.5, 0.6) is 5.75 Å². The van der Waals surface area contributed by atoms with Gasteiger partial charge in [-0.3, -0.25) is 16.3 Å². The Bertz CT molecular complexity index is 411. The maximum atomic E-state index is 5.78. The number of fused-ring (bicyclic) bond motifs is 1. The van der Waals surface area contributed by atoms with E-state index >= 15 is 0 Å². The molecule has 4 heteroatoms. The van der Waals surface area contributed by atoms with Crippen LogP contribution in [-0.2, 0) is 0 Å². The van der Waals surface area contributed by atoms with Crippen molar-refractivity contribution in [3.63, 3.8) is 0 Å². The van der Waals surface area contributed by atoms with Gasteiger partial charge in [-0.05, 0) is 42.7 Å². The van der Waals surface area contributed by atoms with Crippen LogP contribution in [0.2, 0.25) is 0 Å². The molecule has 4 nitrogen and oxygen atoms in total. The molecule has 2 aliphatic carbocycles. The summed E-state index contributed by atoms with van der Waals surface area (Å²) in [5.74, 6) is 8.93. The molecule has 0 amide bonds. The van der Waals surface area contributed by atoms with Crippen LogP contribution in [-0.4, -0.2) is 12.1 Å². The number of ether oxygens (including phenoxy) is 1. The summed E-state index contributed by atoms with van der Waals surface area (Å²) < 4.78 is 5.40. The Morgan fingerprint density at radius 3 is 2.72 bits per heavy atom. The highest BCUT2D eigenvalue weighted by Crippen LogP contribution is 2.60. The van der Waals surface area contributed by atoms with Gasteiger partial charge in [-0.25, -0.2) is 0 Å². The van der Waals surface area contributed by atoms with Crippen LogP contribution in [0.4, 0.5) is 0 Å². The third kappa shape index (κ3) is 1.89. The summed E-state index contributed by atoms with van der Waals surface area (Å²) in [5, 5.41) is 0. The first-order chi connectivity index (χ1) is 8.86. The fourth-order valence-corrected chi connectivity index (χ4v) is 3.72. The van der Waals surface area contributed by atoms with E-state index in [-0.39, 0.29) is 6.04 Å². The van der Waals surface area contributed by atoms with Gasteiger partial charge in [0.1, 0.15) is 11.4 Å². The van der Waals surface area contributed by atoms with Crippen molar-refractivity contribution >= 4 is 0 Å². The number of hydrogen-bond acceptors (Lipinski definition) is 4. The fourth-order valence-electron chi connectivity index (χ4n) is 3.72. The first-order valence-corrected chi connectivity index (χ1v) is 6.82. The number of nitrogens with one attached hydrogen (secondary N) is 1. The number of aromatic nitrogens is 1. The number of hydrogen-bond donors (Lipinski definition) is 2. The van der Waals surface area contributed by atoms with Gasteiger partial charge in [0.05, 0.1) is 13.2 Å². The average Bonchev–Trinajstić information content (AvgIpc) is 3.15. The molecule has 0 aliphatic heterocycles. The normalized spacial score (nSPS) is 31.6. The lowest BCUT2D eigenvalue weighted by molar-refractivity contribution is 0.378. The van der Waals surface area contributed by atoms with E-state index in [0.717, 1.165) is 23.3 Å². The third-order valence-electron chi connectivity index (χ3n) is 4.60. The van der Waals surface area contributed by atoms with Gasteiger partial charge in [-0.2, -0.15) is 0 Å². The zero-order valence-corrected chi connectivity index (χ0v) is 10.8. The second kappa shape index (κ2) is 4.86. The maximum Gasteiger partial charge on any atom is 0.142 e. The zero-order chi connectivity index (χ0) is 12.5. The molecule has 1 aromatic heterocycles. The lowest BCUT2D eigenvalue weighted by Crippen LogP contribution is -2.31. The predicted molar refractivity (Wildman–Crippen MR) is 69.8 cm³/mol. The Labute approximate surface area is 108 Å². The summed E-state index contributed by atoms with van der Waals surface area (Å²) >= 11 is 0. The zero-order valence-electron chi connectivity index (χ0n) is 10.8. The number of pyridine rings is 1. The van der Waals surface area contributed by atoms with Gasteiger partial charge in [0.2, 0.25) is 0 Å². The van der Waals surface area contributed by atoms with E-state index in [4.69, 9.17) is 10.6 Å². The highest BCUT2D eigenvalue weighted by molar-refractivity contribution is 5.31. The quantitative estimate of drug-likeness (QED) is 0.631. The molecule has 0 spiro atoms. The van der Waals surface area contributed by atoms with E-state index in [1.54, 1.807) is 7.11 Å². The Morgan fingerprint density at radius 1 is 1.39 bits per heavy atom. The number of nitrogens with zero attached hydrogens (tertiary/aromatic N) is 1. The second-order valence-electron chi connectivity index (χ2n) is 5.42. The fraction of sp³-hybridized carbons (Fsp3) is 0.643. The van der Waals surface area contributed by atoms with E-state index in [0.29, 0.717) is 5.92 Å². The van der Waals surface area contributed by atoms with Gasteiger partial charge in [0.15, 0.2) is 0 Å². The van der Waals surface area contributed by atoms with Crippen molar-refractivity contribution in [2.24, 2.45) is 23.6 Å². The lowest BCUT2D eigenvalue weighted by Gasteiger charge is -2.18. The van der Waals surface area contributed by atoms with E-state index < -0.39 is 0 Å². The van der Waals surface area contributed by atoms with Gasteiger partial charge >= 0.3 is 0 Å². The van der Waals surface area contributed by atoms with Crippen LogP contribution >= 0.6 is 0 Å². The molecule has 2 aliphatic rings. The molecule has 3 atom stereocenters. The van der Waals surface area contributed by atoms with Crippen LogP contribution in [0.15, 0.2) is 18.3 Å². The second-order valence-corrected chi connectivity index (χ2v) is 5.42. The highest BCUT2D eigenvalue weighted by Gasteiger charge is 2.55. The molecule has 3 unspecified atom stereocenters. The SMILES string of the molecule is COc1cccnc1C(NN)C1C2CCCCC21. The summed E-state index contributed by atoms with van der Waals surface area (Å²) in [7, 11) is 1.69. The first-order valence-electron chi connectivity index (χ1n) is 6.82. The lowest BCUT2D eigenvalue weighted by atomic mass is 10.0. The van der Waals surface area contributed by atoms with E-state index in [9.17, 15) is 0 Å². The van der Waals surface area contributed by atoms with Crippen molar-refractivity contribution in [1.29, 1.82) is 0 Å². The molecule has 3 N–H and O–H groups in total. The summed E-state index contributed by atoms with van der Waals surface area (Å²) in [6.45, 7) is 0. The van der Waals surface area contributed by atoms with E-state index in [1.165, 1.54) is 25.7 Å². The Morgan fingerprint density at radius 2 is 2.11 bits per heavy atom. The summed E-state index contributed by atoms with van der Waals surface area (Å²) in [5.41, 5.74) is 3.93. The molecule has 2 fully saturated rings. The molecule has 3 rings (SSSR count). The van der Waals surface area contributed by atoms with Crippen molar-refractivity contribution in [3.05, 3.63) is 24.0 Å². The van der Waals surface area contributed by atoms with Gasteiger partial charge < -0.3 is 4.74 Å². The van der Waals surface area contributed by atoms with Crippen LogP contribution in [0, 0.1) is 17.8 Å². The number of rotatable bonds is 4. The molecule has 0 radical (unpaired) electrons. The molecule has 2 saturated carbocycles. The van der Waals surface area contributed by atoms with Crippen LogP contribution in [0.3, 0.4) is 0 Å². The van der Waals surface area contributed by atoms with Gasteiger partial charge in [-0.1, -0.05) is 12.8 Å². The molecule has 98 valence electrons. The van der Waals surface area contributed by atoms with Crippen molar-refractivity contribution in [3.8, 4) is 5.75 Å². The maximum absolute atomic E-state index is 5.78. The molecular weight excluding hydrogens is 226 g/mol. The van der Waals surface area contributed by atoms with Crippen molar-refractivity contribution in [2.45, 2.75) is 31.7 Å². The Hall–Kier alpha value is -1.13. The topological polar surface area (TPSA) is 60.2 Å². The number of hydrazine groups is 1. The van der Waals surface area contributed by atoms with Gasteiger partial charge in [-0.15, -0.1) is 0 Å². The van der Waals surface area contributed by atoms with Gasteiger partial charge in [0.25, 0.3) is 0 Å². The van der Waals surface area contributed by atoms with E-state index in [2.05, 4.69) is 10.4 Å². The summed E-state index contributed by atoms with van der Waals surface area (Å²) in [6.07, 6.45) is 7.25. The Kier molecular flexibility index (Phi) is 3.22. The molecule has 0 saturated heterocycles. The number of nitrogens with two attached hydrogens (primary N) is 1. The average molecular weight is 247 g/mol. The smallest absolute Gasteiger partial charge is 0.142 e. The number of methoxy groups -OCH3 is 1. The summed E-state index contributed by atoms with van der Waals surface area (Å²) in [6, 6.07) is 3.99. The minimum Gasteiger partial charge on any atom is -0.495 e. The molecule has 0 bridgehead atoms. The largest absolute Gasteiger partial charge is 0.495 e. The molecule has 0 aromatic carbocycles. The third-order valence-corrected chi connectivity index (χ3v) is 4.60. The molecule has 18 heavy (non-hydrogen) atoms. The molecule has 1 heterocycles.